The Hall–Kier alpha value is -0.250. The maximum atomic E-state index is 12.7. The summed E-state index contributed by atoms with van der Waals surface area (Å²) < 4.78 is 48.8. The molecule has 0 heterocycles. The van der Waals surface area contributed by atoms with Crippen molar-refractivity contribution in [3.05, 3.63) is 0 Å². The van der Waals surface area contributed by atoms with E-state index in [9.17, 15) is 18.0 Å². The van der Waals surface area contributed by atoms with Crippen LogP contribution in [0.25, 0.3) is 0 Å². The Kier molecular flexibility index (Phi) is 7.94. The van der Waals surface area contributed by atoms with Crippen LogP contribution in [0.3, 0.4) is 0 Å². The molecule has 0 aromatic rings. The van der Waals surface area contributed by atoms with E-state index in [1.807, 2.05) is 22.6 Å². The Bertz CT molecular complexity index is 371. The smallest absolute Gasteiger partial charge is 0.414 e. The van der Waals surface area contributed by atoms with Crippen molar-refractivity contribution in [2.45, 2.75) is 65.0 Å². The van der Waals surface area contributed by atoms with Crippen LogP contribution < -0.4 is 0 Å². The number of carbonyl (C=O) groups excluding carboxylic acids is 1. The minimum absolute atomic E-state index is 0.0295. The van der Waals surface area contributed by atoms with E-state index in [4.69, 9.17) is 9.47 Å². The highest BCUT2D eigenvalue weighted by molar-refractivity contribution is 14.1. The summed E-state index contributed by atoms with van der Waals surface area (Å²) in [5, 5.41) is 0. The molecule has 0 aliphatic heterocycles. The van der Waals surface area contributed by atoms with Gasteiger partial charge in [-0.1, -0.05) is 22.6 Å². The van der Waals surface area contributed by atoms with Gasteiger partial charge in [-0.15, -0.1) is 0 Å². The second-order valence-corrected chi connectivity index (χ2v) is 7.14. The maximum Gasteiger partial charge on any atom is 0.414 e. The van der Waals surface area contributed by atoms with Gasteiger partial charge in [-0.2, -0.15) is 13.2 Å². The van der Waals surface area contributed by atoms with E-state index >= 15 is 0 Å². The Morgan fingerprint density at radius 3 is 2.05 bits per heavy atom. The number of carbonyl (C=O) groups is 1. The SMILES string of the molecule is CCN(CC(C)(CI)OC(C)C(F)(F)F)C(=O)OC(C)(C)C. The summed E-state index contributed by atoms with van der Waals surface area (Å²) in [6, 6.07) is 0. The third kappa shape index (κ3) is 7.85. The van der Waals surface area contributed by atoms with Gasteiger partial charge in [0, 0.05) is 11.0 Å². The molecule has 0 aliphatic rings. The van der Waals surface area contributed by atoms with Crippen LogP contribution in [0.2, 0.25) is 0 Å². The second kappa shape index (κ2) is 8.03. The molecule has 0 saturated carbocycles. The molecule has 0 aromatic heterocycles. The van der Waals surface area contributed by atoms with E-state index in [0.29, 0.717) is 11.0 Å². The van der Waals surface area contributed by atoms with Gasteiger partial charge in [-0.05, 0) is 41.5 Å². The van der Waals surface area contributed by atoms with Crippen LogP contribution in [0, 0.1) is 0 Å². The highest BCUT2D eigenvalue weighted by Gasteiger charge is 2.42. The number of hydrogen-bond acceptors (Lipinski definition) is 3. The molecule has 0 spiro atoms. The summed E-state index contributed by atoms with van der Waals surface area (Å²) in [7, 11) is 0. The van der Waals surface area contributed by atoms with Crippen molar-refractivity contribution in [2.75, 3.05) is 17.5 Å². The molecular formula is C14H25F3INO3. The van der Waals surface area contributed by atoms with Crippen LogP contribution in [-0.2, 0) is 9.47 Å². The van der Waals surface area contributed by atoms with Crippen LogP contribution in [0.1, 0.15) is 41.5 Å². The molecule has 0 rings (SSSR count). The average molecular weight is 439 g/mol. The van der Waals surface area contributed by atoms with Gasteiger partial charge >= 0.3 is 12.3 Å². The first-order valence-corrected chi connectivity index (χ1v) is 8.55. The fourth-order valence-electron chi connectivity index (χ4n) is 1.64. The third-order valence-corrected chi connectivity index (χ3v) is 4.38. The number of rotatable bonds is 6. The minimum Gasteiger partial charge on any atom is -0.444 e. The zero-order valence-corrected chi connectivity index (χ0v) is 16.0. The van der Waals surface area contributed by atoms with Gasteiger partial charge in [-0.3, -0.25) is 0 Å². The molecule has 0 saturated heterocycles. The Balaban J connectivity index is 4.97. The molecule has 0 aliphatic carbocycles. The van der Waals surface area contributed by atoms with Gasteiger partial charge in [-0.25, -0.2) is 4.79 Å². The first kappa shape index (κ1) is 21.8. The summed E-state index contributed by atoms with van der Waals surface area (Å²) in [5.41, 5.74) is -1.77. The average Bonchev–Trinajstić information content (AvgIpc) is 2.32. The van der Waals surface area contributed by atoms with E-state index in [2.05, 4.69) is 0 Å². The number of hydrogen-bond donors (Lipinski definition) is 0. The van der Waals surface area contributed by atoms with E-state index in [1.165, 1.54) is 4.90 Å². The molecule has 0 N–H and O–H groups in total. The number of amides is 1. The van der Waals surface area contributed by atoms with Crippen molar-refractivity contribution in [3.8, 4) is 0 Å². The van der Waals surface area contributed by atoms with Crippen molar-refractivity contribution in [2.24, 2.45) is 0 Å². The topological polar surface area (TPSA) is 38.8 Å². The lowest BCUT2D eigenvalue weighted by molar-refractivity contribution is -0.241. The zero-order valence-electron chi connectivity index (χ0n) is 13.9. The summed E-state index contributed by atoms with van der Waals surface area (Å²) in [4.78, 5) is 13.4. The van der Waals surface area contributed by atoms with Crippen LogP contribution in [0.4, 0.5) is 18.0 Å². The predicted octanol–water partition coefficient (Wildman–Crippen LogP) is 4.40. The monoisotopic (exact) mass is 439 g/mol. The zero-order chi connectivity index (χ0) is 17.8. The summed E-state index contributed by atoms with van der Waals surface area (Å²) in [5.74, 6) is 0. The van der Waals surface area contributed by atoms with Crippen LogP contribution in [0.15, 0.2) is 0 Å². The number of likely N-dealkylation sites (N-methyl/N-ethyl adjacent to an activating group) is 1. The van der Waals surface area contributed by atoms with Gasteiger partial charge in [0.2, 0.25) is 0 Å². The normalized spacial score (nSPS) is 16.8. The fraction of sp³-hybridized carbons (Fsp3) is 0.929. The molecule has 2 atom stereocenters. The number of nitrogens with zero attached hydrogens (tertiary/aromatic N) is 1. The predicted molar refractivity (Wildman–Crippen MR) is 87.4 cm³/mol. The van der Waals surface area contributed by atoms with E-state index in [-0.39, 0.29) is 6.54 Å². The van der Waals surface area contributed by atoms with E-state index < -0.39 is 29.6 Å². The molecule has 2 unspecified atom stereocenters. The molecule has 8 heteroatoms. The van der Waals surface area contributed by atoms with Crippen molar-refractivity contribution >= 4 is 28.7 Å². The first-order chi connectivity index (χ1) is 9.74. The molecular weight excluding hydrogens is 414 g/mol. The second-order valence-electron chi connectivity index (χ2n) is 6.38. The third-order valence-electron chi connectivity index (χ3n) is 2.76. The van der Waals surface area contributed by atoms with Gasteiger partial charge in [0.25, 0.3) is 0 Å². The molecule has 4 nitrogen and oxygen atoms in total. The molecule has 0 bridgehead atoms. The molecule has 1 amide bonds. The summed E-state index contributed by atoms with van der Waals surface area (Å²) >= 11 is 1.96. The number of halogens is 4. The molecule has 132 valence electrons. The van der Waals surface area contributed by atoms with E-state index in [0.717, 1.165) is 6.92 Å². The van der Waals surface area contributed by atoms with Gasteiger partial charge in [0.15, 0.2) is 6.10 Å². The Morgan fingerprint density at radius 1 is 1.23 bits per heavy atom. The quantitative estimate of drug-likeness (QED) is 0.455. The summed E-state index contributed by atoms with van der Waals surface area (Å²) in [6.45, 7) is 9.83. The minimum atomic E-state index is -4.43. The first-order valence-electron chi connectivity index (χ1n) is 7.02. The Morgan fingerprint density at radius 2 is 1.73 bits per heavy atom. The lowest BCUT2D eigenvalue weighted by Crippen LogP contribution is -2.51. The van der Waals surface area contributed by atoms with Crippen molar-refractivity contribution in [1.82, 2.24) is 4.90 Å². The highest BCUT2D eigenvalue weighted by Crippen LogP contribution is 2.28. The lowest BCUT2D eigenvalue weighted by Gasteiger charge is -2.37. The molecule has 0 aromatic carbocycles. The van der Waals surface area contributed by atoms with Crippen molar-refractivity contribution in [3.63, 3.8) is 0 Å². The number of alkyl halides is 4. The summed E-state index contributed by atoms with van der Waals surface area (Å²) in [6.07, 6.45) is -6.89. The Labute approximate surface area is 143 Å². The largest absolute Gasteiger partial charge is 0.444 e. The van der Waals surface area contributed by atoms with Gasteiger partial charge < -0.3 is 14.4 Å². The fourth-order valence-corrected chi connectivity index (χ4v) is 2.06. The highest BCUT2D eigenvalue weighted by atomic mass is 127. The van der Waals surface area contributed by atoms with E-state index in [1.54, 1.807) is 34.6 Å². The standard InChI is InChI=1S/C14H25F3INO3/c1-7-19(11(20)22-12(3,4)5)9-13(6,8-18)21-10(2)14(15,16)17/h10H,7-9H2,1-6H3. The van der Waals surface area contributed by atoms with Gasteiger partial charge in [0.05, 0.1) is 12.1 Å². The lowest BCUT2D eigenvalue weighted by atomic mass is 10.1. The van der Waals surface area contributed by atoms with Crippen molar-refractivity contribution in [1.29, 1.82) is 0 Å². The van der Waals surface area contributed by atoms with Crippen LogP contribution in [0.5, 0.6) is 0 Å². The number of ether oxygens (including phenoxy) is 2. The van der Waals surface area contributed by atoms with Crippen LogP contribution >= 0.6 is 22.6 Å². The maximum absolute atomic E-state index is 12.7. The van der Waals surface area contributed by atoms with Crippen LogP contribution in [-0.4, -0.2) is 52.0 Å². The van der Waals surface area contributed by atoms with Crippen molar-refractivity contribution < 1.29 is 27.4 Å². The van der Waals surface area contributed by atoms with Gasteiger partial charge in [0.1, 0.15) is 5.60 Å². The molecule has 0 fully saturated rings. The molecule has 22 heavy (non-hydrogen) atoms. The molecule has 0 radical (unpaired) electrons.